The number of carbonyl (C=O) groups is 1. The second kappa shape index (κ2) is 11.5. The van der Waals surface area contributed by atoms with Crippen molar-refractivity contribution >= 4 is 54.6 Å². The fourth-order valence-corrected chi connectivity index (χ4v) is 7.03. The normalized spacial score (nSPS) is 14.2. The third-order valence-electron chi connectivity index (χ3n) is 9.13. The quantitative estimate of drug-likeness (QED) is 0.243. The number of hydrogen-bond donors (Lipinski definition) is 1. The van der Waals surface area contributed by atoms with Crippen molar-refractivity contribution in [1.29, 1.82) is 0 Å². The molecule has 5 aromatic heterocycles. The van der Waals surface area contributed by atoms with Crippen LogP contribution in [0.4, 0.5) is 18.9 Å². The highest BCUT2D eigenvalue weighted by molar-refractivity contribution is 7.92. The second-order valence-corrected chi connectivity index (χ2v) is 14.4. The molecule has 7 aromatic rings. The van der Waals surface area contributed by atoms with Gasteiger partial charge in [0.15, 0.2) is 0 Å². The standard InChI is InChI=1S/C35H29F3N8O3S/c1-39-35(47)32-28-14-23(30(43(2)50(3,48)49)17-45(28)42-33(32)19-7-9-20(36)10-8-19)25-11-12-26-34(41-25)29-13-22-24(38)5-4-6-27(22)46(29)31(40-26)18-44-15-21(37)16-44/h4-14,17,21H,15-16,18H2,1-3H3,(H,39,47). The highest BCUT2D eigenvalue weighted by atomic mass is 32.2. The summed E-state index contributed by atoms with van der Waals surface area (Å²) >= 11 is 0. The molecule has 254 valence electrons. The van der Waals surface area contributed by atoms with Crippen LogP contribution in [0.5, 0.6) is 0 Å². The van der Waals surface area contributed by atoms with Crippen LogP contribution >= 0.6 is 0 Å². The zero-order chi connectivity index (χ0) is 35.1. The number of fused-ring (bicyclic) bond motifs is 6. The molecular formula is C35H29F3N8O3S. The molecule has 1 saturated heterocycles. The summed E-state index contributed by atoms with van der Waals surface area (Å²) in [6.45, 7) is 0.899. The van der Waals surface area contributed by atoms with Gasteiger partial charge in [0.05, 0.1) is 58.0 Å². The van der Waals surface area contributed by atoms with Crippen LogP contribution in [0.15, 0.2) is 72.9 Å². The van der Waals surface area contributed by atoms with E-state index in [1.165, 1.54) is 55.1 Å². The lowest BCUT2D eigenvalue weighted by Gasteiger charge is -2.34. The Morgan fingerprint density at radius 1 is 1.00 bits per heavy atom. The molecule has 8 rings (SSSR count). The van der Waals surface area contributed by atoms with Crippen molar-refractivity contribution in [3.8, 4) is 22.5 Å². The molecule has 1 aliphatic rings. The van der Waals surface area contributed by atoms with Crippen molar-refractivity contribution < 1.29 is 26.4 Å². The van der Waals surface area contributed by atoms with E-state index >= 15 is 4.39 Å². The molecule has 1 N–H and O–H groups in total. The summed E-state index contributed by atoms with van der Waals surface area (Å²) in [5.41, 5.74) is 4.29. The SMILES string of the molecule is CNC(=O)c1c(-c2ccc(F)cc2)nn2cc(N(C)S(C)(=O)=O)c(-c3ccc4nc(CN5CC(F)C5)n5c6cccc(F)c6cc5c4n3)cc12. The monoisotopic (exact) mass is 698 g/mol. The number of pyridine rings is 2. The largest absolute Gasteiger partial charge is 0.355 e. The maximum atomic E-state index is 15.1. The minimum Gasteiger partial charge on any atom is -0.355 e. The molecule has 0 saturated carbocycles. The minimum atomic E-state index is -3.80. The molecular weight excluding hydrogens is 669 g/mol. The van der Waals surface area contributed by atoms with Crippen LogP contribution in [-0.2, 0) is 16.6 Å². The third-order valence-corrected chi connectivity index (χ3v) is 10.3. The highest BCUT2D eigenvalue weighted by Gasteiger charge is 2.29. The minimum absolute atomic E-state index is 0.193. The second-order valence-electron chi connectivity index (χ2n) is 12.4. The number of benzene rings is 2. The van der Waals surface area contributed by atoms with Crippen LogP contribution in [0, 0.1) is 11.6 Å². The lowest BCUT2D eigenvalue weighted by atomic mass is 10.0. The number of anilines is 1. The Hall–Kier alpha value is -5.54. The van der Waals surface area contributed by atoms with Gasteiger partial charge in [0.1, 0.15) is 34.8 Å². The van der Waals surface area contributed by atoms with Gasteiger partial charge in [-0.2, -0.15) is 5.10 Å². The van der Waals surface area contributed by atoms with Crippen LogP contribution in [0.2, 0.25) is 0 Å². The van der Waals surface area contributed by atoms with E-state index < -0.39 is 33.7 Å². The average Bonchev–Trinajstić information content (AvgIpc) is 3.66. The molecule has 11 nitrogen and oxygen atoms in total. The Bertz CT molecular complexity index is 2630. The molecule has 6 heterocycles. The van der Waals surface area contributed by atoms with E-state index in [0.29, 0.717) is 62.2 Å². The molecule has 0 unspecified atom stereocenters. The van der Waals surface area contributed by atoms with Crippen molar-refractivity contribution in [2.45, 2.75) is 12.7 Å². The molecule has 0 aliphatic carbocycles. The average molecular weight is 699 g/mol. The highest BCUT2D eigenvalue weighted by Crippen LogP contribution is 2.37. The summed E-state index contributed by atoms with van der Waals surface area (Å²) in [6, 6.07) is 17.1. The van der Waals surface area contributed by atoms with Crippen molar-refractivity contribution in [3.05, 3.63) is 95.9 Å². The van der Waals surface area contributed by atoms with Gasteiger partial charge in [-0.3, -0.25) is 18.4 Å². The van der Waals surface area contributed by atoms with Gasteiger partial charge in [-0.15, -0.1) is 0 Å². The third kappa shape index (κ3) is 5.11. The van der Waals surface area contributed by atoms with Crippen LogP contribution in [0.1, 0.15) is 16.2 Å². The molecule has 15 heteroatoms. The van der Waals surface area contributed by atoms with Crippen LogP contribution in [0.25, 0.3) is 55.5 Å². The Morgan fingerprint density at radius 2 is 1.76 bits per heavy atom. The molecule has 1 fully saturated rings. The number of rotatable bonds is 7. The van der Waals surface area contributed by atoms with Gasteiger partial charge in [0.2, 0.25) is 10.0 Å². The van der Waals surface area contributed by atoms with E-state index in [4.69, 9.17) is 9.97 Å². The van der Waals surface area contributed by atoms with E-state index in [2.05, 4.69) is 10.4 Å². The summed E-state index contributed by atoms with van der Waals surface area (Å²) in [6.07, 6.45) is 1.66. The first-order valence-corrected chi connectivity index (χ1v) is 17.5. The molecule has 50 heavy (non-hydrogen) atoms. The first kappa shape index (κ1) is 31.7. The summed E-state index contributed by atoms with van der Waals surface area (Å²) in [7, 11) is -0.921. The van der Waals surface area contributed by atoms with E-state index in [9.17, 15) is 22.0 Å². The maximum absolute atomic E-state index is 15.1. The molecule has 0 bridgehead atoms. The van der Waals surface area contributed by atoms with Crippen molar-refractivity contribution in [2.75, 3.05) is 37.7 Å². The predicted molar refractivity (Wildman–Crippen MR) is 184 cm³/mol. The molecule has 0 atom stereocenters. The number of aromatic nitrogens is 5. The van der Waals surface area contributed by atoms with Crippen molar-refractivity contribution in [3.63, 3.8) is 0 Å². The number of alkyl halides is 1. The zero-order valence-electron chi connectivity index (χ0n) is 27.0. The fourth-order valence-electron chi connectivity index (χ4n) is 6.53. The van der Waals surface area contributed by atoms with E-state index in [1.807, 2.05) is 9.30 Å². The summed E-state index contributed by atoms with van der Waals surface area (Å²) < 4.78 is 72.9. The van der Waals surface area contributed by atoms with Gasteiger partial charge in [-0.25, -0.2) is 36.1 Å². The first-order chi connectivity index (χ1) is 23.9. The van der Waals surface area contributed by atoms with Gasteiger partial charge in [0.25, 0.3) is 5.91 Å². The number of likely N-dealkylation sites (tertiary alicyclic amines) is 1. The number of halogens is 3. The number of sulfonamides is 1. The molecule has 0 radical (unpaired) electrons. The summed E-state index contributed by atoms with van der Waals surface area (Å²) in [5.74, 6) is -0.737. The Balaban J connectivity index is 1.40. The first-order valence-electron chi connectivity index (χ1n) is 15.7. The number of nitrogens with zero attached hydrogens (tertiary/aromatic N) is 7. The van der Waals surface area contributed by atoms with Crippen molar-refractivity contribution in [2.24, 2.45) is 0 Å². The van der Waals surface area contributed by atoms with Gasteiger partial charge < -0.3 is 5.32 Å². The maximum Gasteiger partial charge on any atom is 0.255 e. The van der Waals surface area contributed by atoms with Crippen molar-refractivity contribution in [1.82, 2.24) is 34.2 Å². The van der Waals surface area contributed by atoms with E-state index in [1.54, 1.807) is 36.4 Å². The number of amides is 1. The van der Waals surface area contributed by atoms with Gasteiger partial charge in [-0.05, 0) is 60.7 Å². The van der Waals surface area contributed by atoms with Crippen LogP contribution < -0.4 is 9.62 Å². The van der Waals surface area contributed by atoms with Crippen LogP contribution in [0.3, 0.4) is 0 Å². The number of nitrogens with one attached hydrogen (secondary N) is 1. The Labute approximate surface area is 283 Å². The Kier molecular flexibility index (Phi) is 7.31. The number of carbonyl (C=O) groups excluding carboxylic acids is 1. The Morgan fingerprint density at radius 3 is 2.46 bits per heavy atom. The lowest BCUT2D eigenvalue weighted by Crippen LogP contribution is -2.47. The van der Waals surface area contributed by atoms with E-state index in [-0.39, 0.29) is 30.0 Å². The summed E-state index contributed by atoms with van der Waals surface area (Å²) in [4.78, 5) is 25.1. The molecule has 2 aromatic carbocycles. The van der Waals surface area contributed by atoms with Crippen LogP contribution in [-0.4, -0.2) is 82.8 Å². The van der Waals surface area contributed by atoms with E-state index in [0.717, 1.165) is 10.6 Å². The number of hydrogen-bond acceptors (Lipinski definition) is 7. The lowest BCUT2D eigenvalue weighted by molar-refractivity contribution is 0.0567. The fraction of sp³-hybridized carbons (Fsp3) is 0.200. The smallest absolute Gasteiger partial charge is 0.255 e. The summed E-state index contributed by atoms with van der Waals surface area (Å²) in [5, 5.41) is 7.63. The predicted octanol–water partition coefficient (Wildman–Crippen LogP) is 5.20. The molecule has 0 spiro atoms. The molecule has 1 amide bonds. The van der Waals surface area contributed by atoms with Gasteiger partial charge in [-0.1, -0.05) is 6.07 Å². The topological polar surface area (TPSA) is 117 Å². The molecule has 1 aliphatic heterocycles. The van der Waals surface area contributed by atoms with Gasteiger partial charge >= 0.3 is 0 Å². The zero-order valence-corrected chi connectivity index (χ0v) is 27.8. The van der Waals surface area contributed by atoms with Gasteiger partial charge in [0, 0.05) is 43.7 Å².